The Bertz CT molecular complexity index is 1030. The van der Waals surface area contributed by atoms with Crippen LogP contribution in [0.1, 0.15) is 11.1 Å². The summed E-state index contributed by atoms with van der Waals surface area (Å²) < 4.78 is 202. The predicted molar refractivity (Wildman–Crippen MR) is 80.6 cm³/mol. The molecular formula is C16H4ClF15O2. The van der Waals surface area contributed by atoms with Gasteiger partial charge < -0.3 is 5.11 Å². The van der Waals surface area contributed by atoms with Gasteiger partial charge in [-0.25, -0.2) is 8.78 Å². The highest BCUT2D eigenvalue weighted by Crippen LogP contribution is 2.69. The van der Waals surface area contributed by atoms with Crippen LogP contribution in [0, 0.1) is 5.82 Å². The molecule has 0 aliphatic heterocycles. The quantitative estimate of drug-likeness (QED) is 0.255. The maximum absolute atomic E-state index is 14.6. The third-order valence-electron chi connectivity index (χ3n) is 4.68. The zero-order chi connectivity index (χ0) is 27.1. The third-order valence-corrected chi connectivity index (χ3v) is 4.95. The minimum atomic E-state index is -7.62. The Balaban J connectivity index is 2.77. The first-order chi connectivity index (χ1) is 14.8. The monoisotopic (exact) mass is 548 g/mol. The predicted octanol–water partition coefficient (Wildman–Crippen LogP) is 6.86. The van der Waals surface area contributed by atoms with Gasteiger partial charge in [0.05, 0.1) is 10.6 Å². The van der Waals surface area contributed by atoms with Crippen molar-refractivity contribution in [1.29, 1.82) is 0 Å². The molecule has 2 rings (SSSR count). The number of allylic oxidation sites excluding steroid dienone is 1. The normalized spacial score (nSPS) is 24.5. The van der Waals surface area contributed by atoms with E-state index in [4.69, 9.17) is 11.6 Å². The second kappa shape index (κ2) is 7.34. The van der Waals surface area contributed by atoms with Gasteiger partial charge in [-0.15, -0.1) is 0 Å². The van der Waals surface area contributed by atoms with Crippen LogP contribution >= 0.6 is 11.6 Å². The molecule has 18 heteroatoms. The van der Waals surface area contributed by atoms with Gasteiger partial charge in [0.15, 0.2) is 5.82 Å². The molecule has 34 heavy (non-hydrogen) atoms. The van der Waals surface area contributed by atoms with Gasteiger partial charge >= 0.3 is 41.5 Å². The lowest BCUT2D eigenvalue weighted by atomic mass is 9.70. The van der Waals surface area contributed by atoms with Crippen LogP contribution < -0.4 is 0 Å². The van der Waals surface area contributed by atoms with E-state index in [1.54, 1.807) is 0 Å². The number of hydrogen-bond acceptors (Lipinski definition) is 2. The molecule has 1 aromatic rings. The highest BCUT2D eigenvalue weighted by molar-refractivity contribution is 6.31. The van der Waals surface area contributed by atoms with Crippen molar-refractivity contribution in [2.45, 2.75) is 41.5 Å². The van der Waals surface area contributed by atoms with Crippen LogP contribution in [-0.2, 0) is 11.0 Å². The number of carbonyl (C=O) groups excluding carboxylic acids is 1. The van der Waals surface area contributed by atoms with E-state index in [2.05, 4.69) is 0 Å². The molecule has 1 fully saturated rings. The second-order valence-corrected chi connectivity index (χ2v) is 7.15. The molecule has 0 saturated heterocycles. The van der Waals surface area contributed by atoms with Crippen molar-refractivity contribution in [3.63, 3.8) is 0 Å². The zero-order valence-corrected chi connectivity index (χ0v) is 15.9. The number of alkyl halides is 14. The number of carbonyl (C=O) groups is 1. The summed E-state index contributed by atoms with van der Waals surface area (Å²) in [5.74, 6) is -46.4. The smallest absolute Gasteiger partial charge is 0.419 e. The van der Waals surface area contributed by atoms with E-state index in [1.165, 1.54) is 0 Å². The number of hydrogen-bond donors (Lipinski definition) is 1. The lowest BCUT2D eigenvalue weighted by Gasteiger charge is -2.51. The summed E-state index contributed by atoms with van der Waals surface area (Å²) in [6.45, 7) is 0. The van der Waals surface area contributed by atoms with Gasteiger partial charge in [0.25, 0.3) is 0 Å². The van der Waals surface area contributed by atoms with Crippen molar-refractivity contribution in [2.75, 3.05) is 0 Å². The Morgan fingerprint density at radius 3 is 1.56 bits per heavy atom. The van der Waals surface area contributed by atoms with Gasteiger partial charge in [-0.3, -0.25) is 4.79 Å². The SMILES string of the molecule is O=C(/C=C(\O)c1cc(Cl)c(F)c(C(F)(F)F)c1)C1(F)C(F)(F)C(F)(F)C(F)(F)C(F)(F)C1(F)F. The molecule has 0 bridgehead atoms. The van der Waals surface area contributed by atoms with Crippen molar-refractivity contribution in [2.24, 2.45) is 0 Å². The Labute approximate surface area is 181 Å². The molecule has 0 atom stereocenters. The molecule has 0 amide bonds. The standard InChI is InChI=1S/C16H4ClF15O2/c17-6-2-4(1-5(9(6)18)11(20,21)22)7(33)3-8(34)10(19)12(23,24)14(27,28)16(31,32)15(29,30)13(10,25)26/h1-3,33H/b7-3-. The van der Waals surface area contributed by atoms with Gasteiger partial charge in [-0.05, 0) is 12.1 Å². The van der Waals surface area contributed by atoms with Gasteiger partial charge in [0.1, 0.15) is 5.76 Å². The maximum Gasteiger partial charge on any atom is 0.419 e. The average Bonchev–Trinajstić information content (AvgIpc) is 2.66. The lowest BCUT2D eigenvalue weighted by molar-refractivity contribution is -0.475. The molecule has 0 aromatic heterocycles. The van der Waals surface area contributed by atoms with Crippen LogP contribution in [0.15, 0.2) is 18.2 Å². The number of aliphatic hydroxyl groups excluding tert-OH is 1. The number of aliphatic hydroxyl groups is 1. The topological polar surface area (TPSA) is 37.3 Å². The number of benzene rings is 1. The molecule has 192 valence electrons. The van der Waals surface area contributed by atoms with Gasteiger partial charge in [-0.1, -0.05) is 11.6 Å². The van der Waals surface area contributed by atoms with E-state index in [0.29, 0.717) is 0 Å². The molecule has 1 aliphatic carbocycles. The van der Waals surface area contributed by atoms with E-state index in [1.807, 2.05) is 0 Å². The summed E-state index contributed by atoms with van der Waals surface area (Å²) in [4.78, 5) is 11.7. The second-order valence-electron chi connectivity index (χ2n) is 6.74. The van der Waals surface area contributed by atoms with E-state index in [9.17, 15) is 75.8 Å². The maximum atomic E-state index is 14.6. The molecule has 0 spiro atoms. The fourth-order valence-electron chi connectivity index (χ4n) is 2.78. The highest BCUT2D eigenvalue weighted by atomic mass is 35.5. The van der Waals surface area contributed by atoms with Crippen molar-refractivity contribution in [3.05, 3.63) is 40.2 Å². The first-order valence-electron chi connectivity index (χ1n) is 7.93. The molecule has 0 heterocycles. The Hall–Kier alpha value is -2.33. The fraction of sp³-hybridized carbons (Fsp3) is 0.438. The fourth-order valence-corrected chi connectivity index (χ4v) is 3.00. The molecule has 1 aromatic carbocycles. The third kappa shape index (κ3) is 3.17. The van der Waals surface area contributed by atoms with Crippen LogP contribution in [0.2, 0.25) is 5.02 Å². The molecule has 2 nitrogen and oxygen atoms in total. The summed E-state index contributed by atoms with van der Waals surface area (Å²) >= 11 is 5.08. The van der Waals surface area contributed by atoms with E-state index < -0.39 is 87.1 Å². The van der Waals surface area contributed by atoms with E-state index in [-0.39, 0.29) is 6.07 Å². The number of halogens is 16. The van der Waals surface area contributed by atoms with Crippen molar-refractivity contribution in [3.8, 4) is 0 Å². The van der Waals surface area contributed by atoms with Gasteiger partial charge in [-0.2, -0.15) is 57.1 Å². The summed E-state index contributed by atoms with van der Waals surface area (Å²) in [5.41, 5.74) is -11.1. The first kappa shape index (κ1) is 27.9. The van der Waals surface area contributed by atoms with Gasteiger partial charge in [0, 0.05) is 11.6 Å². The largest absolute Gasteiger partial charge is 0.507 e. The Kier molecular flexibility index (Phi) is 6.02. The summed E-state index contributed by atoms with van der Waals surface area (Å²) in [7, 11) is 0. The van der Waals surface area contributed by atoms with Crippen molar-refractivity contribution < 1.29 is 75.8 Å². The molecule has 0 radical (unpaired) electrons. The van der Waals surface area contributed by atoms with E-state index >= 15 is 0 Å². The molecule has 0 unspecified atom stereocenters. The van der Waals surface area contributed by atoms with Crippen molar-refractivity contribution in [1.82, 2.24) is 0 Å². The average molecular weight is 549 g/mol. The Morgan fingerprint density at radius 2 is 1.18 bits per heavy atom. The minimum Gasteiger partial charge on any atom is -0.507 e. The van der Waals surface area contributed by atoms with Crippen LogP contribution in [0.5, 0.6) is 0 Å². The van der Waals surface area contributed by atoms with Gasteiger partial charge in [0.2, 0.25) is 5.78 Å². The molecule has 1 aliphatic rings. The van der Waals surface area contributed by atoms with Crippen LogP contribution in [-0.4, -0.2) is 46.2 Å². The Morgan fingerprint density at radius 1 is 0.794 bits per heavy atom. The van der Waals surface area contributed by atoms with Crippen LogP contribution in [0.4, 0.5) is 65.9 Å². The summed E-state index contributed by atoms with van der Waals surface area (Å²) in [5, 5.41) is 8.04. The summed E-state index contributed by atoms with van der Waals surface area (Å²) in [6, 6.07) is -0.468. The lowest BCUT2D eigenvalue weighted by Crippen LogP contribution is -2.85. The van der Waals surface area contributed by atoms with Crippen LogP contribution in [0.3, 0.4) is 0 Å². The number of ketones is 1. The minimum absolute atomic E-state index is 0.0232. The first-order valence-corrected chi connectivity index (χ1v) is 8.31. The highest BCUT2D eigenvalue weighted by Gasteiger charge is 3.02. The van der Waals surface area contributed by atoms with Crippen molar-refractivity contribution >= 4 is 23.1 Å². The summed E-state index contributed by atoms with van der Waals surface area (Å²) in [6.07, 6.45) is -6.88. The molecular weight excluding hydrogens is 545 g/mol. The molecule has 1 N–H and O–H groups in total. The zero-order valence-electron chi connectivity index (χ0n) is 15.1. The van der Waals surface area contributed by atoms with Crippen LogP contribution in [0.25, 0.3) is 5.76 Å². The molecule has 1 saturated carbocycles. The number of rotatable bonds is 3. The van der Waals surface area contributed by atoms with E-state index in [0.717, 1.165) is 0 Å².